The molecule has 144 valence electrons. The monoisotopic (exact) mass is 388 g/mol. The first-order valence-electron chi connectivity index (χ1n) is 10.3. The van der Waals surface area contributed by atoms with E-state index in [1.807, 2.05) is 30.3 Å². The van der Waals surface area contributed by atoms with Gasteiger partial charge < -0.3 is 9.53 Å². The van der Waals surface area contributed by atoms with E-state index in [1.54, 1.807) is 0 Å². The number of fused-ring (bicyclic) bond motifs is 1. The zero-order chi connectivity index (χ0) is 19.5. The summed E-state index contributed by atoms with van der Waals surface area (Å²) in [5, 5.41) is 14.2. The number of unbranched alkanes of at least 4 members (excludes halogenated alkanes) is 1. The van der Waals surface area contributed by atoms with Crippen LogP contribution in [0.3, 0.4) is 0 Å². The summed E-state index contributed by atoms with van der Waals surface area (Å²) in [7, 11) is -2.62. The molecule has 28 heavy (non-hydrogen) atoms. The van der Waals surface area contributed by atoms with Crippen molar-refractivity contribution in [2.45, 2.75) is 44.4 Å². The molecule has 0 spiro atoms. The molecule has 3 heteroatoms. The summed E-state index contributed by atoms with van der Waals surface area (Å²) in [6.45, 7) is 2.22. The van der Waals surface area contributed by atoms with Gasteiger partial charge in [-0.25, -0.2) is 0 Å². The van der Waals surface area contributed by atoms with Crippen molar-refractivity contribution >= 4 is 18.7 Å². The molecule has 1 atom stereocenters. The van der Waals surface area contributed by atoms with Gasteiger partial charge in [0.05, 0.1) is 0 Å². The van der Waals surface area contributed by atoms with Gasteiger partial charge in [-0.2, -0.15) is 0 Å². The number of rotatable bonds is 7. The Morgan fingerprint density at radius 1 is 0.857 bits per heavy atom. The number of aliphatic hydroxyl groups is 1. The highest BCUT2D eigenvalue weighted by Gasteiger charge is 2.48. The van der Waals surface area contributed by atoms with E-state index in [0.717, 1.165) is 30.9 Å². The van der Waals surface area contributed by atoms with Gasteiger partial charge in [-0.1, -0.05) is 105 Å². The lowest BCUT2D eigenvalue weighted by molar-refractivity contribution is -0.148. The Morgan fingerprint density at radius 3 is 2.04 bits per heavy atom. The summed E-state index contributed by atoms with van der Waals surface area (Å²) in [4.78, 5) is 0. The number of benzene rings is 3. The molecular weight excluding hydrogens is 360 g/mol. The van der Waals surface area contributed by atoms with Gasteiger partial charge in [0.15, 0.2) is 5.79 Å². The third-order valence-corrected chi connectivity index (χ3v) is 10.2. The first-order valence-corrected chi connectivity index (χ1v) is 12.4. The Labute approximate surface area is 169 Å². The second-order valence-corrected chi connectivity index (χ2v) is 11.2. The molecule has 1 aliphatic rings. The van der Waals surface area contributed by atoms with Crippen molar-refractivity contribution in [1.82, 2.24) is 0 Å². The number of hydrogen-bond acceptors (Lipinski definition) is 2. The largest absolute Gasteiger partial charge is 0.377 e. The van der Waals surface area contributed by atoms with Crippen molar-refractivity contribution < 1.29 is 9.53 Å². The standard InChI is InChI=1S/C25H28O2Si/c1-2-3-20-28(22-13-6-4-7-14-22,23-15-8-5-9-16-23)27-25(26)19-18-21-12-10-11-17-24(21)25/h4-17,26H,2-3,18-20H2,1H3. The van der Waals surface area contributed by atoms with Gasteiger partial charge in [0.2, 0.25) is 0 Å². The van der Waals surface area contributed by atoms with Gasteiger partial charge in [0, 0.05) is 12.0 Å². The van der Waals surface area contributed by atoms with Gasteiger partial charge in [0.1, 0.15) is 0 Å². The molecule has 0 aromatic heterocycles. The van der Waals surface area contributed by atoms with Crippen LogP contribution in [0.1, 0.15) is 37.3 Å². The van der Waals surface area contributed by atoms with Gasteiger partial charge in [-0.3, -0.25) is 0 Å². The molecule has 0 bridgehead atoms. The average Bonchev–Trinajstić information content (AvgIpc) is 3.09. The van der Waals surface area contributed by atoms with Crippen molar-refractivity contribution in [3.05, 3.63) is 96.1 Å². The third kappa shape index (κ3) is 3.46. The molecule has 0 amide bonds. The zero-order valence-corrected chi connectivity index (χ0v) is 17.5. The number of hydrogen-bond donors (Lipinski definition) is 1. The molecule has 3 aromatic carbocycles. The fourth-order valence-electron chi connectivity index (χ4n) is 4.42. The van der Waals surface area contributed by atoms with E-state index in [2.05, 4.69) is 61.5 Å². The van der Waals surface area contributed by atoms with Crippen molar-refractivity contribution in [3.63, 3.8) is 0 Å². The highest BCUT2D eigenvalue weighted by Crippen LogP contribution is 2.40. The minimum Gasteiger partial charge on any atom is -0.377 e. The lowest BCUT2D eigenvalue weighted by atomic mass is 10.1. The maximum atomic E-state index is 11.7. The van der Waals surface area contributed by atoms with E-state index in [9.17, 15) is 5.11 Å². The second-order valence-electron chi connectivity index (χ2n) is 7.71. The van der Waals surface area contributed by atoms with Gasteiger partial charge >= 0.3 is 0 Å². The first-order chi connectivity index (χ1) is 13.7. The van der Waals surface area contributed by atoms with Crippen LogP contribution in [-0.4, -0.2) is 13.4 Å². The van der Waals surface area contributed by atoms with Gasteiger partial charge in [0.25, 0.3) is 8.32 Å². The van der Waals surface area contributed by atoms with E-state index in [-0.39, 0.29) is 0 Å². The van der Waals surface area contributed by atoms with Crippen LogP contribution in [0.25, 0.3) is 0 Å². The van der Waals surface area contributed by atoms with Crippen LogP contribution < -0.4 is 10.4 Å². The lowest BCUT2D eigenvalue weighted by Crippen LogP contribution is -2.63. The Bertz CT molecular complexity index is 871. The van der Waals surface area contributed by atoms with Gasteiger partial charge in [-0.05, 0) is 28.4 Å². The lowest BCUT2D eigenvalue weighted by Gasteiger charge is -2.39. The van der Waals surface area contributed by atoms with Crippen LogP contribution in [0.5, 0.6) is 0 Å². The summed E-state index contributed by atoms with van der Waals surface area (Å²) >= 11 is 0. The molecule has 1 aliphatic carbocycles. The molecule has 4 rings (SSSR count). The summed E-state index contributed by atoms with van der Waals surface area (Å²) in [5.41, 5.74) is 2.14. The van der Waals surface area contributed by atoms with E-state index in [1.165, 1.54) is 15.9 Å². The highest BCUT2D eigenvalue weighted by atomic mass is 28.4. The fraction of sp³-hybridized carbons (Fsp3) is 0.280. The van der Waals surface area contributed by atoms with Crippen LogP contribution >= 0.6 is 0 Å². The zero-order valence-electron chi connectivity index (χ0n) is 16.5. The van der Waals surface area contributed by atoms with Crippen molar-refractivity contribution in [2.24, 2.45) is 0 Å². The molecular formula is C25H28O2Si. The Hall–Kier alpha value is -2.20. The maximum absolute atomic E-state index is 11.7. The fourth-order valence-corrected chi connectivity index (χ4v) is 8.77. The smallest absolute Gasteiger partial charge is 0.260 e. The van der Waals surface area contributed by atoms with Crippen LogP contribution in [0.2, 0.25) is 6.04 Å². The van der Waals surface area contributed by atoms with Crippen LogP contribution in [0.4, 0.5) is 0 Å². The Kier molecular flexibility index (Phi) is 5.49. The van der Waals surface area contributed by atoms with Crippen LogP contribution in [0, 0.1) is 0 Å². The maximum Gasteiger partial charge on any atom is 0.260 e. The molecule has 0 aliphatic heterocycles. The van der Waals surface area contributed by atoms with Crippen molar-refractivity contribution in [1.29, 1.82) is 0 Å². The minimum absolute atomic E-state index is 0.618. The molecule has 3 aromatic rings. The van der Waals surface area contributed by atoms with E-state index >= 15 is 0 Å². The topological polar surface area (TPSA) is 29.5 Å². The Balaban J connectivity index is 1.86. The molecule has 2 nitrogen and oxygen atoms in total. The average molecular weight is 389 g/mol. The molecule has 0 fully saturated rings. The van der Waals surface area contributed by atoms with Crippen molar-refractivity contribution in [2.75, 3.05) is 0 Å². The van der Waals surface area contributed by atoms with E-state index in [4.69, 9.17) is 4.43 Å². The Morgan fingerprint density at radius 2 is 1.43 bits per heavy atom. The molecule has 0 saturated carbocycles. The molecule has 1 N–H and O–H groups in total. The van der Waals surface area contributed by atoms with Crippen LogP contribution in [-0.2, 0) is 16.6 Å². The van der Waals surface area contributed by atoms with Crippen molar-refractivity contribution in [3.8, 4) is 0 Å². The molecule has 0 heterocycles. The van der Waals surface area contributed by atoms with Gasteiger partial charge in [-0.15, -0.1) is 0 Å². The summed E-state index contributed by atoms with van der Waals surface area (Å²) < 4.78 is 6.98. The van der Waals surface area contributed by atoms with E-state index in [0.29, 0.717) is 6.42 Å². The summed E-state index contributed by atoms with van der Waals surface area (Å²) in [6, 6.07) is 30.3. The highest BCUT2D eigenvalue weighted by molar-refractivity contribution is 6.97. The predicted octanol–water partition coefficient (Wildman–Crippen LogP) is 4.35. The third-order valence-electron chi connectivity index (χ3n) is 5.88. The molecule has 1 unspecified atom stereocenters. The van der Waals surface area contributed by atoms with Crippen LogP contribution in [0.15, 0.2) is 84.9 Å². The first kappa shape index (κ1) is 19.1. The summed E-state index contributed by atoms with van der Waals surface area (Å²) in [6.07, 6.45) is 3.65. The second kappa shape index (κ2) is 8.04. The predicted molar refractivity (Wildman–Crippen MR) is 117 cm³/mol. The molecule has 0 radical (unpaired) electrons. The molecule has 0 saturated heterocycles. The quantitative estimate of drug-likeness (QED) is 0.481. The SMILES string of the molecule is CCCC[Si](OC1(O)CCc2ccccc21)(c1ccccc1)c1ccccc1. The van der Waals surface area contributed by atoms with E-state index < -0.39 is 14.1 Å². The summed E-state index contributed by atoms with van der Waals surface area (Å²) in [5.74, 6) is -1.22. The normalized spacial score (nSPS) is 18.8. The minimum atomic E-state index is -2.62. The number of aryl methyl sites for hydroxylation is 1.